The van der Waals surface area contributed by atoms with Crippen LogP contribution in [0.3, 0.4) is 0 Å². The minimum Gasteiger partial charge on any atom is -0.388 e. The van der Waals surface area contributed by atoms with E-state index in [1.807, 2.05) is 13.8 Å². The molecule has 0 aliphatic heterocycles. The van der Waals surface area contributed by atoms with Crippen molar-refractivity contribution in [3.8, 4) is 0 Å². The Bertz CT molecular complexity index is 282. The predicted octanol–water partition coefficient (Wildman–Crippen LogP) is 1.17. The fraction of sp³-hybridized carbons (Fsp3) is 0.923. The van der Waals surface area contributed by atoms with Crippen molar-refractivity contribution in [1.29, 1.82) is 0 Å². The molecule has 1 saturated carbocycles. The zero-order chi connectivity index (χ0) is 13.3. The summed E-state index contributed by atoms with van der Waals surface area (Å²) in [5.74, 6) is 0.0210. The highest BCUT2D eigenvalue weighted by Gasteiger charge is 2.38. The van der Waals surface area contributed by atoms with Gasteiger partial charge in [0.25, 0.3) is 0 Å². The maximum Gasteiger partial charge on any atom is 0.223 e. The second kappa shape index (κ2) is 4.94. The van der Waals surface area contributed by atoms with Gasteiger partial charge in [0, 0.05) is 12.0 Å². The molecule has 0 heterocycles. The first kappa shape index (κ1) is 14.5. The van der Waals surface area contributed by atoms with Crippen LogP contribution < -0.4 is 11.1 Å². The van der Waals surface area contributed by atoms with E-state index in [1.165, 1.54) is 0 Å². The van der Waals surface area contributed by atoms with Gasteiger partial charge >= 0.3 is 0 Å². The third-order valence-electron chi connectivity index (χ3n) is 4.05. The van der Waals surface area contributed by atoms with Crippen LogP contribution in [-0.2, 0) is 4.79 Å². The van der Waals surface area contributed by atoms with Crippen LogP contribution in [0.1, 0.15) is 53.4 Å². The van der Waals surface area contributed by atoms with Crippen LogP contribution in [0.2, 0.25) is 0 Å². The molecule has 2 unspecified atom stereocenters. The Morgan fingerprint density at radius 2 is 1.88 bits per heavy atom. The van der Waals surface area contributed by atoms with E-state index in [9.17, 15) is 9.90 Å². The summed E-state index contributed by atoms with van der Waals surface area (Å²) in [7, 11) is 0. The Labute approximate surface area is 104 Å². The lowest BCUT2D eigenvalue weighted by atomic mass is 9.82. The van der Waals surface area contributed by atoms with Crippen LogP contribution in [0.15, 0.2) is 0 Å². The Morgan fingerprint density at radius 3 is 2.35 bits per heavy atom. The van der Waals surface area contributed by atoms with E-state index >= 15 is 0 Å². The average Bonchev–Trinajstić information content (AvgIpc) is 2.15. The maximum atomic E-state index is 12.1. The van der Waals surface area contributed by atoms with E-state index in [2.05, 4.69) is 5.32 Å². The zero-order valence-electron chi connectivity index (χ0n) is 11.4. The zero-order valence-corrected chi connectivity index (χ0v) is 11.4. The summed E-state index contributed by atoms with van der Waals surface area (Å²) in [6.07, 6.45) is 3.69. The van der Waals surface area contributed by atoms with Gasteiger partial charge in [0.2, 0.25) is 5.91 Å². The van der Waals surface area contributed by atoms with E-state index in [4.69, 9.17) is 5.73 Å². The quantitative estimate of drug-likeness (QED) is 0.695. The minimum atomic E-state index is -0.945. The molecule has 4 nitrogen and oxygen atoms in total. The molecular weight excluding hydrogens is 216 g/mol. The molecule has 1 aliphatic carbocycles. The van der Waals surface area contributed by atoms with E-state index in [0.29, 0.717) is 0 Å². The predicted molar refractivity (Wildman–Crippen MR) is 68.5 cm³/mol. The van der Waals surface area contributed by atoms with E-state index in [0.717, 1.165) is 25.7 Å². The molecule has 0 aromatic heterocycles. The number of carbonyl (C=O) groups is 1. The molecule has 0 saturated heterocycles. The molecule has 0 spiro atoms. The molecule has 100 valence electrons. The van der Waals surface area contributed by atoms with Crippen molar-refractivity contribution < 1.29 is 9.90 Å². The van der Waals surface area contributed by atoms with Gasteiger partial charge in [0.15, 0.2) is 0 Å². The van der Waals surface area contributed by atoms with Gasteiger partial charge in [-0.2, -0.15) is 0 Å². The summed E-state index contributed by atoms with van der Waals surface area (Å²) in [4.78, 5) is 12.1. The fourth-order valence-electron chi connectivity index (χ4n) is 2.03. The van der Waals surface area contributed by atoms with Crippen molar-refractivity contribution >= 4 is 5.91 Å². The lowest BCUT2D eigenvalue weighted by molar-refractivity contribution is -0.131. The first-order chi connectivity index (χ1) is 7.63. The first-order valence-electron chi connectivity index (χ1n) is 6.43. The fourth-order valence-corrected chi connectivity index (χ4v) is 2.03. The number of nitrogens with two attached hydrogens (primary N) is 1. The second-order valence-corrected chi connectivity index (χ2v) is 6.30. The van der Waals surface area contributed by atoms with Crippen LogP contribution in [0.25, 0.3) is 0 Å². The summed E-state index contributed by atoms with van der Waals surface area (Å²) in [6.45, 7) is 7.10. The molecule has 4 heteroatoms. The summed E-state index contributed by atoms with van der Waals surface area (Å²) < 4.78 is 0. The van der Waals surface area contributed by atoms with Gasteiger partial charge in [0.05, 0.1) is 11.1 Å². The third kappa shape index (κ3) is 3.68. The minimum absolute atomic E-state index is 0.000347. The molecule has 17 heavy (non-hydrogen) atoms. The number of aliphatic hydroxyl groups is 1. The highest BCUT2D eigenvalue weighted by molar-refractivity contribution is 5.79. The Morgan fingerprint density at radius 1 is 1.29 bits per heavy atom. The molecule has 0 radical (unpaired) electrons. The third-order valence-corrected chi connectivity index (χ3v) is 4.05. The number of nitrogens with one attached hydrogen (secondary N) is 1. The van der Waals surface area contributed by atoms with Gasteiger partial charge in [-0.05, 0) is 47.0 Å². The summed E-state index contributed by atoms with van der Waals surface area (Å²) >= 11 is 0. The largest absolute Gasteiger partial charge is 0.388 e. The summed E-state index contributed by atoms with van der Waals surface area (Å²) in [5.41, 5.74) is 4.30. The summed E-state index contributed by atoms with van der Waals surface area (Å²) in [6, 6.07) is 0.143. The average molecular weight is 242 g/mol. The molecule has 0 aromatic carbocycles. The number of amides is 1. The highest BCUT2D eigenvalue weighted by atomic mass is 16.3. The van der Waals surface area contributed by atoms with Gasteiger partial charge in [0.1, 0.15) is 0 Å². The maximum absolute atomic E-state index is 12.1. The van der Waals surface area contributed by atoms with Crippen molar-refractivity contribution in [2.24, 2.45) is 11.7 Å². The molecule has 4 N–H and O–H groups in total. The molecule has 2 atom stereocenters. The van der Waals surface area contributed by atoms with Crippen LogP contribution >= 0.6 is 0 Å². The lowest BCUT2D eigenvalue weighted by Crippen LogP contribution is -2.59. The second-order valence-electron chi connectivity index (χ2n) is 6.30. The van der Waals surface area contributed by atoms with Crippen molar-refractivity contribution in [1.82, 2.24) is 5.32 Å². The van der Waals surface area contributed by atoms with Crippen molar-refractivity contribution in [3.05, 3.63) is 0 Å². The van der Waals surface area contributed by atoms with Crippen molar-refractivity contribution in [2.75, 3.05) is 0 Å². The number of carbonyl (C=O) groups excluding carboxylic acids is 1. The van der Waals surface area contributed by atoms with Gasteiger partial charge in [-0.25, -0.2) is 0 Å². The number of hydrogen-bond donors (Lipinski definition) is 3. The molecule has 1 amide bonds. The van der Waals surface area contributed by atoms with Gasteiger partial charge < -0.3 is 16.2 Å². The highest BCUT2D eigenvalue weighted by Crippen LogP contribution is 2.26. The molecule has 0 bridgehead atoms. The van der Waals surface area contributed by atoms with Gasteiger partial charge in [-0.3, -0.25) is 4.79 Å². The summed E-state index contributed by atoms with van der Waals surface area (Å²) in [5, 5.41) is 12.9. The molecule has 1 fully saturated rings. The van der Waals surface area contributed by atoms with Crippen molar-refractivity contribution in [3.63, 3.8) is 0 Å². The molecule has 1 aliphatic rings. The van der Waals surface area contributed by atoms with Crippen LogP contribution in [0.4, 0.5) is 0 Å². The first-order valence-corrected chi connectivity index (χ1v) is 6.43. The van der Waals surface area contributed by atoms with Crippen LogP contribution in [0, 0.1) is 5.92 Å². The molecular formula is C13H26N2O2. The monoisotopic (exact) mass is 242 g/mol. The van der Waals surface area contributed by atoms with Gasteiger partial charge in [-0.15, -0.1) is 0 Å². The number of hydrogen-bond acceptors (Lipinski definition) is 3. The van der Waals surface area contributed by atoms with E-state index < -0.39 is 11.1 Å². The normalized spacial score (nSPS) is 26.7. The van der Waals surface area contributed by atoms with Crippen molar-refractivity contribution in [2.45, 2.75) is 70.6 Å². The topological polar surface area (TPSA) is 75.3 Å². The number of rotatable bonds is 3. The SMILES string of the molecule is CC(C)(O)C(C)(C)NC(=O)C1CCCC(N)C1. The van der Waals surface area contributed by atoms with E-state index in [1.54, 1.807) is 13.8 Å². The lowest BCUT2D eigenvalue weighted by Gasteiger charge is -2.39. The Kier molecular flexibility index (Phi) is 4.20. The smallest absolute Gasteiger partial charge is 0.223 e. The standard InChI is InChI=1S/C13H26N2O2/c1-12(2,13(3,4)17)15-11(16)9-6-5-7-10(14)8-9/h9-10,17H,5-8,14H2,1-4H3,(H,15,16). The molecule has 1 rings (SSSR count). The van der Waals surface area contributed by atoms with Crippen LogP contribution in [-0.4, -0.2) is 28.2 Å². The van der Waals surface area contributed by atoms with Crippen LogP contribution in [0.5, 0.6) is 0 Å². The Balaban J connectivity index is 2.60. The van der Waals surface area contributed by atoms with Gasteiger partial charge in [-0.1, -0.05) is 6.42 Å². The van der Waals surface area contributed by atoms with E-state index in [-0.39, 0.29) is 17.9 Å². The molecule has 0 aromatic rings. The Hall–Kier alpha value is -0.610.